The molecule has 1 aliphatic heterocycles. The highest BCUT2D eigenvalue weighted by Gasteiger charge is 2.28. The van der Waals surface area contributed by atoms with Gasteiger partial charge in [-0.2, -0.15) is 0 Å². The first-order valence-corrected chi connectivity index (χ1v) is 5.53. The highest BCUT2D eigenvalue weighted by atomic mass is 35.5. The lowest BCUT2D eigenvalue weighted by Crippen LogP contribution is -2.40. The molecule has 1 amide bonds. The normalized spacial score (nSPS) is 20.7. The smallest absolute Gasteiger partial charge is 0.408 e. The molecule has 0 aromatic heterocycles. The molecule has 0 radical (unpaired) electrons. The third-order valence-corrected chi connectivity index (χ3v) is 2.64. The Morgan fingerprint density at radius 2 is 2.13 bits per heavy atom. The van der Waals surface area contributed by atoms with Gasteiger partial charge in [-0.15, -0.1) is 12.4 Å². The second-order valence-corrected chi connectivity index (χ2v) is 5.25. The Balaban J connectivity index is 0.00000196. The van der Waals surface area contributed by atoms with Crippen molar-refractivity contribution in [2.75, 3.05) is 5.75 Å². The maximum atomic E-state index is 11.3. The molecule has 1 N–H and O–H groups in total. The van der Waals surface area contributed by atoms with Crippen molar-refractivity contribution >= 4 is 35.4 Å². The molecular formula is C9H16ClNO3S. The summed E-state index contributed by atoms with van der Waals surface area (Å²) < 4.78 is 5.04. The van der Waals surface area contributed by atoms with Gasteiger partial charge < -0.3 is 10.1 Å². The molecule has 15 heavy (non-hydrogen) atoms. The van der Waals surface area contributed by atoms with E-state index in [4.69, 9.17) is 4.74 Å². The maximum absolute atomic E-state index is 11.3. The van der Waals surface area contributed by atoms with E-state index in [2.05, 4.69) is 5.32 Å². The Morgan fingerprint density at radius 1 is 1.53 bits per heavy atom. The first-order valence-electron chi connectivity index (χ1n) is 4.54. The fourth-order valence-corrected chi connectivity index (χ4v) is 2.01. The van der Waals surface area contributed by atoms with Crippen LogP contribution in [0.1, 0.15) is 27.2 Å². The van der Waals surface area contributed by atoms with E-state index in [1.807, 2.05) is 0 Å². The molecular weight excluding hydrogens is 238 g/mol. The Bertz CT molecular complexity index is 252. The molecule has 0 saturated carbocycles. The molecule has 1 atom stereocenters. The summed E-state index contributed by atoms with van der Waals surface area (Å²) in [4.78, 5) is 22.4. The van der Waals surface area contributed by atoms with Gasteiger partial charge in [0.1, 0.15) is 11.6 Å². The Labute approximate surface area is 99.9 Å². The van der Waals surface area contributed by atoms with Gasteiger partial charge in [0.25, 0.3) is 0 Å². The zero-order valence-electron chi connectivity index (χ0n) is 9.03. The number of hydrogen-bond donors (Lipinski definition) is 1. The van der Waals surface area contributed by atoms with Crippen molar-refractivity contribution in [3.8, 4) is 0 Å². The van der Waals surface area contributed by atoms with Crippen molar-refractivity contribution in [2.45, 2.75) is 38.8 Å². The number of hydrogen-bond acceptors (Lipinski definition) is 4. The SMILES string of the molecule is CC(C)(C)OC(=O)N[C@H]1CCSC1=O.Cl. The van der Waals surface area contributed by atoms with Gasteiger partial charge in [0.2, 0.25) is 5.12 Å². The second-order valence-electron chi connectivity index (χ2n) is 4.15. The van der Waals surface area contributed by atoms with Gasteiger partial charge in [-0.3, -0.25) is 4.79 Å². The largest absolute Gasteiger partial charge is 0.444 e. The lowest BCUT2D eigenvalue weighted by molar-refractivity contribution is -0.112. The van der Waals surface area contributed by atoms with E-state index in [1.165, 1.54) is 11.8 Å². The standard InChI is InChI=1S/C9H15NO3S.ClH/c1-9(2,3)13-8(12)10-6-4-5-14-7(6)11;/h6H,4-5H2,1-3H3,(H,10,12);1H/t6-;/m0./s1. The molecule has 1 heterocycles. The Morgan fingerprint density at radius 3 is 2.53 bits per heavy atom. The van der Waals surface area contributed by atoms with Gasteiger partial charge in [-0.05, 0) is 27.2 Å². The van der Waals surface area contributed by atoms with E-state index in [0.717, 1.165) is 5.75 Å². The number of alkyl carbamates (subject to hydrolysis) is 1. The molecule has 1 saturated heterocycles. The quantitative estimate of drug-likeness (QED) is 0.776. The summed E-state index contributed by atoms with van der Waals surface area (Å²) in [6.45, 7) is 5.37. The first-order chi connectivity index (χ1) is 6.38. The number of halogens is 1. The Hall–Kier alpha value is -0.420. The van der Waals surface area contributed by atoms with Crippen LogP contribution in [0.2, 0.25) is 0 Å². The molecule has 4 nitrogen and oxygen atoms in total. The maximum Gasteiger partial charge on any atom is 0.408 e. The van der Waals surface area contributed by atoms with E-state index in [9.17, 15) is 9.59 Å². The number of nitrogens with one attached hydrogen (secondary N) is 1. The topological polar surface area (TPSA) is 55.4 Å². The average Bonchev–Trinajstić information content (AvgIpc) is 2.32. The van der Waals surface area contributed by atoms with Crippen LogP contribution in [0.25, 0.3) is 0 Å². The molecule has 0 aliphatic carbocycles. The highest BCUT2D eigenvalue weighted by molar-refractivity contribution is 8.14. The van der Waals surface area contributed by atoms with Crippen molar-refractivity contribution in [1.82, 2.24) is 5.32 Å². The predicted octanol–water partition coefficient (Wildman–Crippen LogP) is 1.97. The summed E-state index contributed by atoms with van der Waals surface area (Å²) in [5, 5.41) is 2.58. The second kappa shape index (κ2) is 5.61. The van der Waals surface area contributed by atoms with Crippen LogP contribution >= 0.6 is 24.2 Å². The van der Waals surface area contributed by atoms with Gasteiger partial charge in [-0.25, -0.2) is 4.79 Å². The van der Waals surface area contributed by atoms with E-state index >= 15 is 0 Å². The molecule has 0 spiro atoms. The fourth-order valence-electron chi connectivity index (χ4n) is 1.08. The number of carbonyl (C=O) groups excluding carboxylic acids is 2. The summed E-state index contributed by atoms with van der Waals surface area (Å²) in [7, 11) is 0. The summed E-state index contributed by atoms with van der Waals surface area (Å²) >= 11 is 1.26. The summed E-state index contributed by atoms with van der Waals surface area (Å²) in [5.74, 6) is 0.777. The number of amides is 1. The third kappa shape index (κ3) is 5.28. The lowest BCUT2D eigenvalue weighted by Gasteiger charge is -2.20. The van der Waals surface area contributed by atoms with Crippen molar-refractivity contribution in [3.05, 3.63) is 0 Å². The van der Waals surface area contributed by atoms with Gasteiger partial charge in [0, 0.05) is 5.75 Å². The van der Waals surface area contributed by atoms with Crippen LogP contribution in [-0.4, -0.2) is 28.6 Å². The number of rotatable bonds is 1. The predicted molar refractivity (Wildman–Crippen MR) is 62.5 cm³/mol. The summed E-state index contributed by atoms with van der Waals surface area (Å²) in [6, 6.07) is -0.366. The van der Waals surface area contributed by atoms with E-state index in [1.54, 1.807) is 20.8 Å². The minimum absolute atomic E-state index is 0. The molecule has 1 fully saturated rings. The van der Waals surface area contributed by atoms with Crippen LogP contribution in [0.3, 0.4) is 0 Å². The number of carbonyl (C=O) groups is 2. The number of ether oxygens (including phenoxy) is 1. The third-order valence-electron chi connectivity index (χ3n) is 1.63. The zero-order chi connectivity index (χ0) is 10.8. The minimum Gasteiger partial charge on any atom is -0.444 e. The molecule has 0 bridgehead atoms. The molecule has 1 aliphatic rings. The van der Waals surface area contributed by atoms with Crippen molar-refractivity contribution in [1.29, 1.82) is 0 Å². The number of thioether (sulfide) groups is 1. The van der Waals surface area contributed by atoms with Gasteiger partial charge in [0.05, 0.1) is 0 Å². The highest BCUT2D eigenvalue weighted by Crippen LogP contribution is 2.19. The van der Waals surface area contributed by atoms with Crippen molar-refractivity contribution in [3.63, 3.8) is 0 Å². The molecule has 0 aromatic rings. The van der Waals surface area contributed by atoms with Crippen LogP contribution in [0.4, 0.5) is 4.79 Å². The molecule has 88 valence electrons. The van der Waals surface area contributed by atoms with Crippen LogP contribution in [0.5, 0.6) is 0 Å². The van der Waals surface area contributed by atoms with Crippen molar-refractivity contribution < 1.29 is 14.3 Å². The van der Waals surface area contributed by atoms with Crippen molar-refractivity contribution in [2.24, 2.45) is 0 Å². The van der Waals surface area contributed by atoms with Gasteiger partial charge >= 0.3 is 6.09 Å². The van der Waals surface area contributed by atoms with E-state index < -0.39 is 11.7 Å². The zero-order valence-corrected chi connectivity index (χ0v) is 10.7. The summed E-state index contributed by atoms with van der Waals surface area (Å²) in [6.07, 6.45) is 0.182. The molecule has 6 heteroatoms. The minimum atomic E-state index is -0.515. The monoisotopic (exact) mass is 253 g/mol. The van der Waals surface area contributed by atoms with Crippen LogP contribution in [0.15, 0.2) is 0 Å². The first kappa shape index (κ1) is 14.6. The Kier molecular flexibility index (Phi) is 5.45. The molecule has 1 rings (SSSR count). The van der Waals surface area contributed by atoms with Crippen LogP contribution in [0, 0.1) is 0 Å². The molecule has 0 aromatic carbocycles. The van der Waals surface area contributed by atoms with E-state index in [-0.39, 0.29) is 23.6 Å². The van der Waals surface area contributed by atoms with Crippen LogP contribution in [-0.2, 0) is 9.53 Å². The van der Waals surface area contributed by atoms with Crippen LogP contribution < -0.4 is 5.32 Å². The summed E-state index contributed by atoms with van der Waals surface area (Å²) in [5.41, 5.74) is -0.515. The fraction of sp³-hybridized carbons (Fsp3) is 0.778. The molecule has 0 unspecified atom stereocenters. The van der Waals surface area contributed by atoms with Gasteiger partial charge in [-0.1, -0.05) is 11.8 Å². The lowest BCUT2D eigenvalue weighted by atomic mass is 10.2. The van der Waals surface area contributed by atoms with Gasteiger partial charge in [0.15, 0.2) is 0 Å². The van der Waals surface area contributed by atoms with E-state index in [0.29, 0.717) is 6.42 Å². The average molecular weight is 254 g/mol.